The van der Waals surface area contributed by atoms with Crippen molar-refractivity contribution in [2.45, 2.75) is 67.5 Å². The van der Waals surface area contributed by atoms with Crippen molar-refractivity contribution in [2.75, 3.05) is 9.00 Å². The molecule has 6 heteroatoms. The van der Waals surface area contributed by atoms with Crippen LogP contribution in [-0.4, -0.2) is 38.7 Å². The van der Waals surface area contributed by atoms with Gasteiger partial charge in [0.05, 0.1) is 0 Å². The summed E-state index contributed by atoms with van der Waals surface area (Å²) in [6, 6.07) is 13.7. The molecule has 0 spiro atoms. The molecule has 3 nitrogen and oxygen atoms in total. The third kappa shape index (κ3) is 5.08. The summed E-state index contributed by atoms with van der Waals surface area (Å²) in [5.74, 6) is 0. The summed E-state index contributed by atoms with van der Waals surface area (Å²) >= 11 is -0.865. The maximum absolute atomic E-state index is 6.72. The van der Waals surface area contributed by atoms with E-state index in [0.29, 0.717) is 12.1 Å². The number of rotatable bonds is 8. The minimum atomic E-state index is -0.865. The number of halogens is 1. The van der Waals surface area contributed by atoms with Gasteiger partial charge in [-0.05, 0) is 0 Å². The van der Waals surface area contributed by atoms with E-state index in [-0.39, 0.29) is 7.12 Å². The molecule has 2 aromatic rings. The minimum absolute atomic E-state index is 0.00269. The molecule has 28 heavy (non-hydrogen) atoms. The number of hydrogen-bond acceptors (Lipinski definition) is 3. The first kappa shape index (κ1) is 23.2. The van der Waals surface area contributed by atoms with Gasteiger partial charge in [-0.1, -0.05) is 0 Å². The number of hydrogen-bond donors (Lipinski definition) is 1. The van der Waals surface area contributed by atoms with Crippen LogP contribution in [0.5, 0.6) is 0 Å². The summed E-state index contributed by atoms with van der Waals surface area (Å²) in [5, 5.41) is 3.88. The van der Waals surface area contributed by atoms with Crippen LogP contribution in [-0.2, 0) is 0 Å². The molecule has 0 aromatic heterocycles. The number of nitrogens with one attached hydrogen (secondary N) is 1. The van der Waals surface area contributed by atoms with Gasteiger partial charge < -0.3 is 0 Å². The molecule has 2 radical (unpaired) electrons. The first-order valence-electron chi connectivity index (χ1n) is 10.0. The van der Waals surface area contributed by atoms with Crippen molar-refractivity contribution in [1.29, 1.82) is 0 Å². The van der Waals surface area contributed by atoms with E-state index in [1.807, 2.05) is 0 Å². The second kappa shape index (κ2) is 10.1. The first-order chi connectivity index (χ1) is 13.2. The van der Waals surface area contributed by atoms with Crippen molar-refractivity contribution in [3.8, 4) is 0 Å². The summed E-state index contributed by atoms with van der Waals surface area (Å²) in [7, 11) is 6.72. The van der Waals surface area contributed by atoms with Crippen LogP contribution in [0.3, 0.4) is 0 Å². The van der Waals surface area contributed by atoms with Crippen molar-refractivity contribution in [2.24, 2.45) is 0 Å². The van der Waals surface area contributed by atoms with Crippen molar-refractivity contribution in [3.05, 3.63) is 58.7 Å². The fraction of sp³-hybridized carbons (Fsp3) is 0.455. The number of anilines is 2. The van der Waals surface area contributed by atoms with Gasteiger partial charge in [-0.3, -0.25) is 0 Å². The van der Waals surface area contributed by atoms with E-state index < -0.39 is 14.7 Å². The summed E-state index contributed by atoms with van der Waals surface area (Å²) in [5.41, 5.74) is 7.51. The molecule has 0 amide bonds. The predicted molar refractivity (Wildman–Crippen MR) is 127 cm³/mol. The van der Waals surface area contributed by atoms with Gasteiger partial charge in [-0.15, -0.1) is 0 Å². The topological polar surface area (TPSA) is 18.5 Å². The van der Waals surface area contributed by atoms with Gasteiger partial charge in [-0.25, -0.2) is 0 Å². The van der Waals surface area contributed by atoms with Crippen molar-refractivity contribution in [1.82, 2.24) is 4.81 Å². The molecule has 0 saturated heterocycles. The van der Waals surface area contributed by atoms with Gasteiger partial charge in [0.25, 0.3) is 0 Å². The molecule has 0 aliphatic heterocycles. The molecule has 0 atom stereocenters. The molecule has 0 unspecified atom stereocenters. The van der Waals surface area contributed by atoms with E-state index in [4.69, 9.17) is 10.0 Å². The second-order valence-corrected chi connectivity index (χ2v) is 10.4. The van der Waals surface area contributed by atoms with Crippen LogP contribution in [0.4, 0.5) is 11.4 Å². The fourth-order valence-electron chi connectivity index (χ4n) is 4.00. The molecule has 150 valence electrons. The van der Waals surface area contributed by atoms with E-state index in [2.05, 4.69) is 106 Å². The van der Waals surface area contributed by atoms with Crippen LogP contribution in [0.15, 0.2) is 36.4 Å². The summed E-state index contributed by atoms with van der Waals surface area (Å²) in [6.45, 7) is 17.7. The van der Waals surface area contributed by atoms with Gasteiger partial charge >= 0.3 is 183 Å². The van der Waals surface area contributed by atoms with Crippen LogP contribution in [0.1, 0.15) is 49.9 Å². The molecule has 2 rings (SSSR count). The van der Waals surface area contributed by atoms with Gasteiger partial charge in [-0.2, -0.15) is 0 Å². The zero-order valence-electron chi connectivity index (χ0n) is 18.5. The average molecular weight is 458 g/mol. The molecule has 0 aliphatic rings. The van der Waals surface area contributed by atoms with E-state index in [0.717, 1.165) is 0 Å². The Morgan fingerprint density at radius 2 is 1.25 bits per heavy atom. The van der Waals surface area contributed by atoms with E-state index in [1.54, 1.807) is 0 Å². The zero-order valence-corrected chi connectivity index (χ0v) is 21.3. The first-order valence-corrected chi connectivity index (χ1v) is 13.7. The average Bonchev–Trinajstić information content (AvgIpc) is 2.60. The van der Waals surface area contributed by atoms with Crippen molar-refractivity contribution in [3.63, 3.8) is 0 Å². The second-order valence-electron chi connectivity index (χ2n) is 8.11. The molecule has 2 aromatic carbocycles. The SMILES string of the molecule is Cc1cccc(C)c1NB([N]([Ge][Cl])c1c(C)cccc1C)N(C(C)C)C(C)C. The monoisotopic (exact) mass is 459 g/mol. The Hall–Kier alpha value is -1.10. The van der Waals surface area contributed by atoms with Crippen molar-refractivity contribution < 1.29 is 0 Å². The zero-order chi connectivity index (χ0) is 21.0. The van der Waals surface area contributed by atoms with Gasteiger partial charge in [0, 0.05) is 0 Å². The van der Waals surface area contributed by atoms with Crippen LogP contribution in [0.25, 0.3) is 0 Å². The Kier molecular flexibility index (Phi) is 8.35. The van der Waals surface area contributed by atoms with Crippen LogP contribution in [0.2, 0.25) is 0 Å². The molecule has 0 saturated carbocycles. The third-order valence-electron chi connectivity index (χ3n) is 5.25. The van der Waals surface area contributed by atoms with E-state index in [9.17, 15) is 0 Å². The molecule has 0 bridgehead atoms. The molecule has 0 heterocycles. The summed E-state index contributed by atoms with van der Waals surface area (Å²) in [4.78, 5) is 2.52. The fourth-order valence-corrected chi connectivity index (χ4v) is 6.45. The van der Waals surface area contributed by atoms with Gasteiger partial charge in [0.1, 0.15) is 0 Å². The van der Waals surface area contributed by atoms with Gasteiger partial charge in [0.2, 0.25) is 0 Å². The number of aryl methyl sites for hydroxylation is 4. The normalized spacial score (nSPS) is 11.4. The molecule has 0 fully saturated rings. The number of benzene rings is 2. The Morgan fingerprint density at radius 1 is 0.821 bits per heavy atom. The summed E-state index contributed by atoms with van der Waals surface area (Å²) in [6.07, 6.45) is 0. The number of nitrogens with zero attached hydrogens (tertiary/aromatic N) is 2. The Labute approximate surface area is 182 Å². The standard InChI is InChI=1S/C22H33BClGeN3/c1-15(2)27(16(3)4)23(26-21-17(5)11-9-12-18(21)6)28(25-24)22-19(7)13-10-14-20(22)8/h9-16,26H,1-8H3. The van der Waals surface area contributed by atoms with Gasteiger partial charge in [0.15, 0.2) is 0 Å². The van der Waals surface area contributed by atoms with E-state index in [1.165, 1.54) is 33.6 Å². The maximum atomic E-state index is 6.72. The third-order valence-corrected chi connectivity index (χ3v) is 7.56. The molecule has 1 N–H and O–H groups in total. The number of para-hydroxylation sites is 2. The van der Waals surface area contributed by atoms with E-state index >= 15 is 0 Å². The molecular weight excluding hydrogens is 425 g/mol. The van der Waals surface area contributed by atoms with Crippen molar-refractivity contribution >= 4 is 43.2 Å². The Bertz CT molecular complexity index is 749. The molecule has 0 aliphatic carbocycles. The molecular formula is C22H33BClGeN3. The van der Waals surface area contributed by atoms with Crippen LogP contribution in [0, 0.1) is 27.7 Å². The predicted octanol–water partition coefficient (Wildman–Crippen LogP) is 5.72. The Morgan fingerprint density at radius 3 is 1.64 bits per heavy atom. The Balaban J connectivity index is 2.62. The summed E-state index contributed by atoms with van der Waals surface area (Å²) < 4.78 is 2.41. The quantitative estimate of drug-likeness (QED) is 0.511. The van der Waals surface area contributed by atoms with Crippen LogP contribution >= 0.6 is 10.0 Å². The van der Waals surface area contributed by atoms with Crippen LogP contribution < -0.4 is 9.00 Å².